The lowest BCUT2D eigenvalue weighted by Crippen LogP contribution is -2.40. The van der Waals surface area contributed by atoms with Crippen LogP contribution in [0.15, 0.2) is 24.4 Å². The molecule has 5 heteroatoms. The van der Waals surface area contributed by atoms with Crippen LogP contribution in [0.5, 0.6) is 0 Å². The molecule has 0 bridgehead atoms. The molecule has 2 unspecified atom stereocenters. The molecule has 1 aliphatic carbocycles. The third-order valence-corrected chi connectivity index (χ3v) is 5.25. The van der Waals surface area contributed by atoms with Gasteiger partial charge in [-0.05, 0) is 49.1 Å². The summed E-state index contributed by atoms with van der Waals surface area (Å²) in [5.41, 5.74) is 3.77. The molecule has 0 aliphatic heterocycles. The van der Waals surface area contributed by atoms with Gasteiger partial charge in [-0.3, -0.25) is 0 Å². The Morgan fingerprint density at radius 2 is 2.16 bits per heavy atom. The maximum absolute atomic E-state index is 12.0. The number of rotatable bonds is 6. The van der Waals surface area contributed by atoms with Crippen molar-refractivity contribution in [2.24, 2.45) is 5.92 Å². The monoisotopic (exact) mass is 343 g/mol. The molecule has 136 valence electrons. The number of aromatic amines is 1. The highest BCUT2D eigenvalue weighted by molar-refractivity contribution is 5.86. The average molecular weight is 343 g/mol. The number of aliphatic hydroxyl groups excluding tert-OH is 1. The smallest absolute Gasteiger partial charge is 0.314 e. The summed E-state index contributed by atoms with van der Waals surface area (Å²) in [7, 11) is 0. The lowest BCUT2D eigenvalue weighted by molar-refractivity contribution is 0.101. The van der Waals surface area contributed by atoms with Crippen LogP contribution in [0.1, 0.15) is 43.7 Å². The zero-order valence-electron chi connectivity index (χ0n) is 15.0. The molecule has 3 rings (SSSR count). The van der Waals surface area contributed by atoms with Crippen molar-refractivity contribution in [1.82, 2.24) is 15.6 Å². The SMILES string of the molecule is CCc1cccc2c(CCNC(=O)NCC3CCCC(O)C3)c[nH]c12. The lowest BCUT2D eigenvalue weighted by Gasteiger charge is -2.25. The van der Waals surface area contributed by atoms with E-state index in [2.05, 4.69) is 40.7 Å². The number of nitrogens with one attached hydrogen (secondary N) is 3. The van der Waals surface area contributed by atoms with Crippen molar-refractivity contribution in [2.75, 3.05) is 13.1 Å². The summed E-state index contributed by atoms with van der Waals surface area (Å²) in [5.74, 6) is 0.399. The number of hydrogen-bond acceptors (Lipinski definition) is 2. The maximum Gasteiger partial charge on any atom is 0.314 e. The Kier molecular flexibility index (Phi) is 5.97. The van der Waals surface area contributed by atoms with E-state index in [0.717, 1.165) is 38.5 Å². The van der Waals surface area contributed by atoms with Crippen LogP contribution in [-0.4, -0.2) is 35.3 Å². The third-order valence-electron chi connectivity index (χ3n) is 5.25. The van der Waals surface area contributed by atoms with Crippen LogP contribution in [0.2, 0.25) is 0 Å². The molecule has 1 saturated carbocycles. The standard InChI is InChI=1S/C20H29N3O2/c1-2-15-6-4-8-18-16(13-22-19(15)18)9-10-21-20(25)23-12-14-5-3-7-17(24)11-14/h4,6,8,13-14,17,22,24H,2-3,5,7,9-12H2,1H3,(H2,21,23,25). The number of hydrogen-bond donors (Lipinski definition) is 4. The van der Waals surface area contributed by atoms with E-state index >= 15 is 0 Å². The van der Waals surface area contributed by atoms with Gasteiger partial charge in [-0.25, -0.2) is 4.79 Å². The Morgan fingerprint density at radius 1 is 1.28 bits per heavy atom. The van der Waals surface area contributed by atoms with Crippen LogP contribution < -0.4 is 10.6 Å². The topological polar surface area (TPSA) is 77.2 Å². The molecule has 25 heavy (non-hydrogen) atoms. The predicted octanol–water partition coefficient (Wildman–Crippen LogP) is 3.12. The number of aryl methyl sites for hydroxylation is 1. The molecule has 1 aliphatic rings. The number of benzene rings is 1. The lowest BCUT2D eigenvalue weighted by atomic mass is 9.87. The van der Waals surface area contributed by atoms with E-state index < -0.39 is 0 Å². The minimum atomic E-state index is -0.196. The van der Waals surface area contributed by atoms with Crippen LogP contribution in [0.3, 0.4) is 0 Å². The third kappa shape index (κ3) is 4.54. The molecular formula is C20H29N3O2. The highest BCUT2D eigenvalue weighted by atomic mass is 16.3. The molecule has 2 atom stereocenters. The Bertz CT molecular complexity index is 710. The van der Waals surface area contributed by atoms with Gasteiger partial charge in [-0.15, -0.1) is 0 Å². The number of carbonyl (C=O) groups is 1. The average Bonchev–Trinajstić information content (AvgIpc) is 3.03. The number of carbonyl (C=O) groups excluding carboxylic acids is 1. The van der Waals surface area contributed by atoms with Crippen molar-refractivity contribution < 1.29 is 9.90 Å². The number of amides is 2. The first-order valence-corrected chi connectivity index (χ1v) is 9.45. The predicted molar refractivity (Wildman–Crippen MR) is 101 cm³/mol. The van der Waals surface area contributed by atoms with Crippen molar-refractivity contribution in [3.05, 3.63) is 35.5 Å². The molecule has 4 N–H and O–H groups in total. The van der Waals surface area contributed by atoms with Gasteiger partial charge >= 0.3 is 6.03 Å². The summed E-state index contributed by atoms with van der Waals surface area (Å²) >= 11 is 0. The van der Waals surface area contributed by atoms with Crippen molar-refractivity contribution in [1.29, 1.82) is 0 Å². The Morgan fingerprint density at radius 3 is 2.96 bits per heavy atom. The second-order valence-electron chi connectivity index (χ2n) is 7.08. The number of aromatic nitrogens is 1. The number of fused-ring (bicyclic) bond motifs is 1. The van der Waals surface area contributed by atoms with E-state index in [9.17, 15) is 9.90 Å². The molecular weight excluding hydrogens is 314 g/mol. The molecule has 2 aromatic rings. The molecule has 1 fully saturated rings. The molecule has 0 spiro atoms. The fourth-order valence-electron chi connectivity index (χ4n) is 3.83. The first-order valence-electron chi connectivity index (χ1n) is 9.45. The molecule has 1 aromatic heterocycles. The van der Waals surface area contributed by atoms with Crippen molar-refractivity contribution in [3.63, 3.8) is 0 Å². The number of H-pyrrole nitrogens is 1. The van der Waals surface area contributed by atoms with Gasteiger partial charge in [0.25, 0.3) is 0 Å². The van der Waals surface area contributed by atoms with E-state index in [1.54, 1.807) is 0 Å². The van der Waals surface area contributed by atoms with Crippen molar-refractivity contribution in [2.45, 2.75) is 51.6 Å². The maximum atomic E-state index is 12.0. The Balaban J connectivity index is 1.44. The number of aliphatic hydroxyl groups is 1. The van der Waals surface area contributed by atoms with E-state index in [1.165, 1.54) is 22.0 Å². The zero-order chi connectivity index (χ0) is 17.6. The second-order valence-corrected chi connectivity index (χ2v) is 7.08. The van der Waals surface area contributed by atoms with Gasteiger partial charge in [0.15, 0.2) is 0 Å². The van der Waals surface area contributed by atoms with Gasteiger partial charge in [0.1, 0.15) is 0 Å². The Labute approximate surface area is 149 Å². The summed E-state index contributed by atoms with van der Waals surface area (Å²) < 4.78 is 0. The van der Waals surface area contributed by atoms with Gasteiger partial charge in [0.2, 0.25) is 0 Å². The highest BCUT2D eigenvalue weighted by Crippen LogP contribution is 2.24. The fourth-order valence-corrected chi connectivity index (χ4v) is 3.83. The number of urea groups is 1. The van der Waals surface area contributed by atoms with Crippen LogP contribution in [0.4, 0.5) is 4.79 Å². The van der Waals surface area contributed by atoms with Gasteiger partial charge < -0.3 is 20.7 Å². The summed E-state index contributed by atoms with van der Waals surface area (Å²) in [5, 5.41) is 16.8. The molecule has 1 heterocycles. The molecule has 0 radical (unpaired) electrons. The van der Waals surface area contributed by atoms with E-state index in [-0.39, 0.29) is 12.1 Å². The molecule has 0 saturated heterocycles. The largest absolute Gasteiger partial charge is 0.393 e. The summed E-state index contributed by atoms with van der Waals surface area (Å²) in [4.78, 5) is 15.3. The Hall–Kier alpha value is -2.01. The highest BCUT2D eigenvalue weighted by Gasteiger charge is 2.20. The molecule has 5 nitrogen and oxygen atoms in total. The molecule has 2 amide bonds. The van der Waals surface area contributed by atoms with E-state index in [4.69, 9.17) is 0 Å². The first kappa shape index (κ1) is 17.8. The number of para-hydroxylation sites is 1. The second kappa shape index (κ2) is 8.39. The first-order chi connectivity index (χ1) is 12.2. The van der Waals surface area contributed by atoms with E-state index in [0.29, 0.717) is 19.0 Å². The van der Waals surface area contributed by atoms with Crippen LogP contribution in [0, 0.1) is 5.92 Å². The minimum absolute atomic E-state index is 0.117. The van der Waals surface area contributed by atoms with Crippen LogP contribution in [-0.2, 0) is 12.8 Å². The van der Waals surface area contributed by atoms with Gasteiger partial charge in [0.05, 0.1) is 6.10 Å². The van der Waals surface area contributed by atoms with Crippen LogP contribution >= 0.6 is 0 Å². The quantitative estimate of drug-likeness (QED) is 0.650. The van der Waals surface area contributed by atoms with Crippen molar-refractivity contribution >= 4 is 16.9 Å². The fraction of sp³-hybridized carbons (Fsp3) is 0.550. The summed E-state index contributed by atoms with van der Waals surface area (Å²) in [6, 6.07) is 6.26. The summed E-state index contributed by atoms with van der Waals surface area (Å²) in [6.45, 7) is 3.42. The minimum Gasteiger partial charge on any atom is -0.393 e. The van der Waals surface area contributed by atoms with Gasteiger partial charge in [-0.2, -0.15) is 0 Å². The normalized spacial score (nSPS) is 20.6. The van der Waals surface area contributed by atoms with Gasteiger partial charge in [-0.1, -0.05) is 31.5 Å². The summed E-state index contributed by atoms with van der Waals surface area (Å²) in [6.07, 6.45) is 7.51. The molecule has 1 aromatic carbocycles. The zero-order valence-corrected chi connectivity index (χ0v) is 15.0. The van der Waals surface area contributed by atoms with Gasteiger partial charge in [0, 0.05) is 30.2 Å². The van der Waals surface area contributed by atoms with Crippen molar-refractivity contribution in [3.8, 4) is 0 Å². The van der Waals surface area contributed by atoms with E-state index in [1.807, 2.05) is 6.20 Å². The van der Waals surface area contributed by atoms with Crippen LogP contribution in [0.25, 0.3) is 10.9 Å².